The van der Waals surface area contributed by atoms with Gasteiger partial charge < -0.3 is 10.5 Å². The lowest BCUT2D eigenvalue weighted by molar-refractivity contribution is -0.141. The Balaban J connectivity index is 2.74. The van der Waals surface area contributed by atoms with E-state index in [1.54, 1.807) is 0 Å². The maximum atomic E-state index is 11.4. The van der Waals surface area contributed by atoms with Gasteiger partial charge in [-0.3, -0.25) is 4.79 Å². The Hall–Kier alpha value is -1.85. The third kappa shape index (κ3) is 5.03. The third-order valence-electron chi connectivity index (χ3n) is 3.53. The molecule has 0 aromatic rings. The summed E-state index contributed by atoms with van der Waals surface area (Å²) >= 11 is 0. The lowest BCUT2D eigenvalue weighted by atomic mass is 9.89. The number of primary amides is 1. The highest BCUT2D eigenvalue weighted by molar-refractivity contribution is 5.90. The van der Waals surface area contributed by atoms with E-state index < -0.39 is 6.03 Å². The average molecular weight is 281 g/mol. The second-order valence-corrected chi connectivity index (χ2v) is 4.88. The van der Waals surface area contributed by atoms with Gasteiger partial charge in [0.2, 0.25) is 0 Å². The number of methoxy groups -OCH3 is 1. The van der Waals surface area contributed by atoms with Gasteiger partial charge in [0.05, 0.1) is 7.11 Å². The molecule has 0 radical (unpaired) electrons. The summed E-state index contributed by atoms with van der Waals surface area (Å²) < 4.78 is 4.73. The fourth-order valence-electron chi connectivity index (χ4n) is 2.54. The summed E-state index contributed by atoms with van der Waals surface area (Å²) in [4.78, 5) is 22.2. The molecule has 2 amide bonds. The van der Waals surface area contributed by atoms with Crippen LogP contribution in [0.4, 0.5) is 4.79 Å². The molecule has 6 heteroatoms. The molecule has 0 heterocycles. The van der Waals surface area contributed by atoms with Gasteiger partial charge in [-0.25, -0.2) is 10.2 Å². The molecule has 0 aromatic heterocycles. The molecule has 0 saturated heterocycles. The minimum atomic E-state index is -0.670. The van der Waals surface area contributed by atoms with Gasteiger partial charge in [0, 0.05) is 18.1 Å². The standard InChI is InChI=1S/C14H23N3O3/c1-3-4-5-6-11-10(9-13(18)20-2)7-8-12(11)16-17-14(15)19/h4-5,10-11H,3,6-9H2,1-2H3,(H3,15,17,19)/b5-4-,16-12-. The molecule has 112 valence electrons. The number of urea groups is 1. The average Bonchev–Trinajstić information content (AvgIpc) is 2.79. The van der Waals surface area contributed by atoms with E-state index in [1.165, 1.54) is 7.11 Å². The van der Waals surface area contributed by atoms with Crippen molar-refractivity contribution in [3.63, 3.8) is 0 Å². The summed E-state index contributed by atoms with van der Waals surface area (Å²) in [6.45, 7) is 2.07. The number of allylic oxidation sites excluding steroid dienone is 2. The number of ether oxygens (including phenoxy) is 1. The SMILES string of the molecule is CC/C=C\CC1/C(=N\NC(N)=O)CCC1CC(=O)OC. The predicted molar refractivity (Wildman–Crippen MR) is 77.0 cm³/mol. The minimum Gasteiger partial charge on any atom is -0.469 e. The fourth-order valence-corrected chi connectivity index (χ4v) is 2.54. The quantitative estimate of drug-likeness (QED) is 0.442. The number of nitrogens with two attached hydrogens (primary N) is 1. The van der Waals surface area contributed by atoms with Gasteiger partial charge in [-0.2, -0.15) is 5.10 Å². The topological polar surface area (TPSA) is 93.8 Å². The zero-order valence-electron chi connectivity index (χ0n) is 12.1. The summed E-state index contributed by atoms with van der Waals surface area (Å²) in [5.41, 5.74) is 8.21. The molecule has 1 fully saturated rings. The van der Waals surface area contributed by atoms with E-state index in [-0.39, 0.29) is 17.8 Å². The number of hydrazone groups is 1. The summed E-state index contributed by atoms with van der Waals surface area (Å²) in [7, 11) is 1.40. The largest absolute Gasteiger partial charge is 0.469 e. The molecular weight excluding hydrogens is 258 g/mol. The molecule has 6 nitrogen and oxygen atoms in total. The molecule has 3 N–H and O–H groups in total. The Labute approximate surface area is 119 Å². The number of nitrogens with zero attached hydrogens (tertiary/aromatic N) is 1. The highest BCUT2D eigenvalue weighted by atomic mass is 16.5. The first-order valence-electron chi connectivity index (χ1n) is 6.92. The summed E-state index contributed by atoms with van der Waals surface area (Å²) in [5.74, 6) is 0.157. The summed E-state index contributed by atoms with van der Waals surface area (Å²) in [6.07, 6.45) is 8.00. The molecule has 1 saturated carbocycles. The van der Waals surface area contributed by atoms with Crippen LogP contribution in [0.15, 0.2) is 17.3 Å². The van der Waals surface area contributed by atoms with Gasteiger partial charge in [0.25, 0.3) is 0 Å². The van der Waals surface area contributed by atoms with Crippen LogP contribution in [0.5, 0.6) is 0 Å². The van der Waals surface area contributed by atoms with Crippen LogP contribution in [-0.4, -0.2) is 24.8 Å². The number of nitrogens with one attached hydrogen (secondary N) is 1. The first-order chi connectivity index (χ1) is 9.58. The van der Waals surface area contributed by atoms with E-state index in [1.807, 2.05) is 0 Å². The van der Waals surface area contributed by atoms with Crippen LogP contribution in [0, 0.1) is 11.8 Å². The van der Waals surface area contributed by atoms with Gasteiger partial charge in [-0.15, -0.1) is 0 Å². The number of carbonyl (C=O) groups excluding carboxylic acids is 2. The Kier molecular flexibility index (Phi) is 6.76. The van der Waals surface area contributed by atoms with Crippen molar-refractivity contribution >= 4 is 17.7 Å². The van der Waals surface area contributed by atoms with Gasteiger partial charge in [0.15, 0.2) is 0 Å². The van der Waals surface area contributed by atoms with Gasteiger partial charge in [-0.05, 0) is 31.6 Å². The second kappa shape index (κ2) is 8.35. The molecule has 2 atom stereocenters. The first kappa shape index (κ1) is 16.2. The number of esters is 1. The molecule has 1 rings (SSSR count). The van der Waals surface area contributed by atoms with Crippen molar-refractivity contribution in [2.45, 2.75) is 39.0 Å². The zero-order chi connectivity index (χ0) is 15.0. The Bertz CT molecular complexity index is 404. The number of amides is 2. The Morgan fingerprint density at radius 1 is 1.50 bits per heavy atom. The number of hydrogen-bond acceptors (Lipinski definition) is 4. The number of hydrogen-bond donors (Lipinski definition) is 2. The smallest absolute Gasteiger partial charge is 0.332 e. The predicted octanol–water partition coefficient (Wildman–Crippen LogP) is 1.96. The minimum absolute atomic E-state index is 0.156. The van der Waals surface area contributed by atoms with Crippen LogP contribution in [-0.2, 0) is 9.53 Å². The van der Waals surface area contributed by atoms with E-state index in [4.69, 9.17) is 10.5 Å². The lowest BCUT2D eigenvalue weighted by Gasteiger charge is -2.17. The van der Waals surface area contributed by atoms with Gasteiger partial charge in [-0.1, -0.05) is 19.1 Å². The van der Waals surface area contributed by atoms with Crippen LogP contribution in [0.1, 0.15) is 39.0 Å². The van der Waals surface area contributed by atoms with E-state index in [9.17, 15) is 9.59 Å². The van der Waals surface area contributed by atoms with E-state index in [2.05, 4.69) is 29.6 Å². The van der Waals surface area contributed by atoms with Crippen LogP contribution in [0.2, 0.25) is 0 Å². The van der Waals surface area contributed by atoms with E-state index in [0.29, 0.717) is 6.42 Å². The molecular formula is C14H23N3O3. The van der Waals surface area contributed by atoms with Crippen molar-refractivity contribution < 1.29 is 14.3 Å². The number of rotatable bonds is 6. The van der Waals surface area contributed by atoms with Crippen molar-refractivity contribution in [3.05, 3.63) is 12.2 Å². The van der Waals surface area contributed by atoms with E-state index >= 15 is 0 Å². The van der Waals surface area contributed by atoms with Crippen molar-refractivity contribution in [1.29, 1.82) is 0 Å². The molecule has 2 unspecified atom stereocenters. The lowest BCUT2D eigenvalue weighted by Crippen LogP contribution is -2.27. The van der Waals surface area contributed by atoms with Crippen LogP contribution in [0.25, 0.3) is 0 Å². The van der Waals surface area contributed by atoms with Crippen LogP contribution in [0.3, 0.4) is 0 Å². The van der Waals surface area contributed by atoms with Crippen molar-refractivity contribution in [2.75, 3.05) is 7.11 Å². The zero-order valence-corrected chi connectivity index (χ0v) is 12.1. The van der Waals surface area contributed by atoms with E-state index in [0.717, 1.165) is 31.4 Å². The molecule has 0 spiro atoms. The normalized spacial score (nSPS) is 24.2. The molecule has 0 bridgehead atoms. The van der Waals surface area contributed by atoms with Crippen molar-refractivity contribution in [1.82, 2.24) is 5.43 Å². The third-order valence-corrected chi connectivity index (χ3v) is 3.53. The fraction of sp³-hybridized carbons (Fsp3) is 0.643. The summed E-state index contributed by atoms with van der Waals surface area (Å²) in [6, 6.07) is -0.670. The van der Waals surface area contributed by atoms with Crippen LogP contribution < -0.4 is 11.2 Å². The van der Waals surface area contributed by atoms with Crippen LogP contribution >= 0.6 is 0 Å². The monoisotopic (exact) mass is 281 g/mol. The Morgan fingerprint density at radius 2 is 2.25 bits per heavy atom. The molecule has 20 heavy (non-hydrogen) atoms. The number of carbonyl (C=O) groups is 2. The molecule has 0 aromatic carbocycles. The van der Waals surface area contributed by atoms with Gasteiger partial charge in [0.1, 0.15) is 0 Å². The molecule has 0 aliphatic heterocycles. The van der Waals surface area contributed by atoms with Crippen molar-refractivity contribution in [3.8, 4) is 0 Å². The summed E-state index contributed by atoms with van der Waals surface area (Å²) in [5, 5.41) is 4.07. The molecule has 1 aliphatic rings. The molecule has 1 aliphatic carbocycles. The first-order valence-corrected chi connectivity index (χ1v) is 6.92. The van der Waals surface area contributed by atoms with Gasteiger partial charge >= 0.3 is 12.0 Å². The Morgan fingerprint density at radius 3 is 2.85 bits per heavy atom. The van der Waals surface area contributed by atoms with Crippen molar-refractivity contribution in [2.24, 2.45) is 22.7 Å². The second-order valence-electron chi connectivity index (χ2n) is 4.88. The maximum Gasteiger partial charge on any atom is 0.332 e. The maximum absolute atomic E-state index is 11.4. The highest BCUT2D eigenvalue weighted by Gasteiger charge is 2.33. The highest BCUT2D eigenvalue weighted by Crippen LogP contribution is 2.35.